The van der Waals surface area contributed by atoms with Crippen LogP contribution in [0.3, 0.4) is 0 Å². The molecule has 0 aliphatic carbocycles. The molecule has 0 spiro atoms. The van der Waals surface area contributed by atoms with Crippen molar-refractivity contribution in [2.75, 3.05) is 0 Å². The van der Waals surface area contributed by atoms with Crippen molar-refractivity contribution >= 4 is 17.2 Å². The smallest absolute Gasteiger partial charge is 0.0146 e. The first-order valence-electron chi connectivity index (χ1n) is 11.8. The van der Waals surface area contributed by atoms with Gasteiger partial charge in [0.2, 0.25) is 0 Å². The van der Waals surface area contributed by atoms with Crippen LogP contribution in [0.5, 0.6) is 0 Å². The Bertz CT molecular complexity index is 984. The highest BCUT2D eigenvalue weighted by Crippen LogP contribution is 2.34. The Hall–Kier alpha value is -2.86. The largest absolute Gasteiger partial charge is 0.0651 e. The lowest BCUT2D eigenvalue weighted by Crippen LogP contribution is -1.98. The molecule has 0 aliphatic rings. The van der Waals surface area contributed by atoms with E-state index in [1.165, 1.54) is 45.4 Å². The number of hydrogen-bond donors (Lipinski definition) is 0. The lowest BCUT2D eigenvalue weighted by Gasteiger charge is -2.18. The van der Waals surface area contributed by atoms with Crippen molar-refractivity contribution in [2.24, 2.45) is 5.92 Å². The highest BCUT2D eigenvalue weighted by molar-refractivity contribution is 5.97. The summed E-state index contributed by atoms with van der Waals surface area (Å²) in [4.78, 5) is 0. The fourth-order valence-corrected chi connectivity index (χ4v) is 3.98. The number of benzene rings is 3. The monoisotopic (exact) mass is 408 g/mol. The van der Waals surface area contributed by atoms with Crippen LogP contribution in [0, 0.1) is 5.92 Å². The summed E-state index contributed by atoms with van der Waals surface area (Å²) in [5.41, 5.74) is 9.47. The number of allylic oxidation sites excluding steroid dienone is 3. The fourth-order valence-electron chi connectivity index (χ4n) is 3.98. The molecule has 0 radical (unpaired) electrons. The Balaban J connectivity index is 2.16. The first-order valence-corrected chi connectivity index (χ1v) is 11.8. The summed E-state index contributed by atoms with van der Waals surface area (Å²) in [6.45, 7) is 9.11. The molecule has 0 nitrogen and oxygen atoms in total. The van der Waals surface area contributed by atoms with Gasteiger partial charge in [0.05, 0.1) is 0 Å². The zero-order valence-electron chi connectivity index (χ0n) is 19.6. The van der Waals surface area contributed by atoms with Crippen LogP contribution in [0.4, 0.5) is 0 Å². The second-order valence-corrected chi connectivity index (χ2v) is 8.47. The molecule has 0 heterocycles. The molecule has 160 valence electrons. The van der Waals surface area contributed by atoms with Crippen LogP contribution in [0.1, 0.15) is 68.4 Å². The van der Waals surface area contributed by atoms with Gasteiger partial charge < -0.3 is 0 Å². The van der Waals surface area contributed by atoms with Crippen molar-refractivity contribution in [3.8, 4) is 0 Å². The summed E-state index contributed by atoms with van der Waals surface area (Å²) in [6, 6.07) is 28.7. The Kier molecular flexibility index (Phi) is 8.47. The topological polar surface area (TPSA) is 0 Å². The van der Waals surface area contributed by atoms with Crippen molar-refractivity contribution in [1.82, 2.24) is 0 Å². The maximum Gasteiger partial charge on any atom is -0.0146 e. The van der Waals surface area contributed by atoms with Gasteiger partial charge in [0.15, 0.2) is 0 Å². The Morgan fingerprint density at radius 3 is 1.81 bits per heavy atom. The molecule has 3 aromatic carbocycles. The summed E-state index contributed by atoms with van der Waals surface area (Å²) >= 11 is 0. The SMILES string of the molecule is CCc1cc(C=CC(=C(CC(C)CC)c2ccccc2)c2ccccc2)cc(CC)c1. The molecule has 0 bridgehead atoms. The highest BCUT2D eigenvalue weighted by Gasteiger charge is 2.13. The van der Waals surface area contributed by atoms with E-state index in [0.29, 0.717) is 5.92 Å². The van der Waals surface area contributed by atoms with Gasteiger partial charge in [-0.3, -0.25) is 0 Å². The molecular weight excluding hydrogens is 372 g/mol. The molecule has 0 aromatic heterocycles. The molecule has 3 aromatic rings. The maximum absolute atomic E-state index is 2.35. The van der Waals surface area contributed by atoms with Crippen molar-refractivity contribution in [2.45, 2.75) is 53.4 Å². The average Bonchev–Trinajstić information content (AvgIpc) is 2.84. The molecule has 0 saturated heterocycles. The molecule has 1 unspecified atom stereocenters. The van der Waals surface area contributed by atoms with Crippen LogP contribution in [0.2, 0.25) is 0 Å². The number of aryl methyl sites for hydroxylation is 2. The van der Waals surface area contributed by atoms with Gasteiger partial charge in [0.25, 0.3) is 0 Å². The normalized spacial score (nSPS) is 13.3. The highest BCUT2D eigenvalue weighted by atomic mass is 14.2. The molecule has 3 rings (SSSR count). The standard InChI is InChI=1S/C31H36/c1-5-24(4)20-31(29-16-12-9-13-17-29)30(28-14-10-8-11-15-28)19-18-27-22-25(6-2)21-26(7-3)23-27/h8-19,21-24H,5-7,20H2,1-4H3. The van der Waals surface area contributed by atoms with Crippen molar-refractivity contribution in [3.05, 3.63) is 113 Å². The lowest BCUT2D eigenvalue weighted by molar-refractivity contribution is 0.580. The first kappa shape index (κ1) is 22.8. The Morgan fingerprint density at radius 1 is 0.742 bits per heavy atom. The van der Waals surface area contributed by atoms with E-state index < -0.39 is 0 Å². The summed E-state index contributed by atoms with van der Waals surface area (Å²) < 4.78 is 0. The molecule has 0 saturated carbocycles. The van der Waals surface area contributed by atoms with Crippen molar-refractivity contribution in [1.29, 1.82) is 0 Å². The van der Waals surface area contributed by atoms with E-state index in [2.05, 4.69) is 119 Å². The van der Waals surface area contributed by atoms with Crippen LogP contribution < -0.4 is 0 Å². The van der Waals surface area contributed by atoms with Crippen LogP contribution >= 0.6 is 0 Å². The Labute approximate surface area is 189 Å². The molecule has 31 heavy (non-hydrogen) atoms. The van der Waals surface area contributed by atoms with Crippen molar-refractivity contribution < 1.29 is 0 Å². The van der Waals surface area contributed by atoms with E-state index in [9.17, 15) is 0 Å². The summed E-state index contributed by atoms with van der Waals surface area (Å²) in [6.07, 6.45) is 9.04. The van der Waals surface area contributed by atoms with Gasteiger partial charge in [-0.15, -0.1) is 0 Å². The number of rotatable bonds is 9. The van der Waals surface area contributed by atoms with Gasteiger partial charge >= 0.3 is 0 Å². The Morgan fingerprint density at radius 2 is 1.29 bits per heavy atom. The van der Waals surface area contributed by atoms with E-state index in [0.717, 1.165) is 19.3 Å². The second-order valence-electron chi connectivity index (χ2n) is 8.47. The van der Waals surface area contributed by atoms with Gasteiger partial charge in [-0.2, -0.15) is 0 Å². The molecule has 0 aliphatic heterocycles. The number of hydrogen-bond acceptors (Lipinski definition) is 0. The molecule has 0 N–H and O–H groups in total. The average molecular weight is 409 g/mol. The minimum absolute atomic E-state index is 0.637. The van der Waals surface area contributed by atoms with E-state index in [4.69, 9.17) is 0 Å². The molecule has 0 amide bonds. The zero-order valence-corrected chi connectivity index (χ0v) is 19.6. The predicted molar refractivity (Wildman–Crippen MR) is 138 cm³/mol. The lowest BCUT2D eigenvalue weighted by atomic mass is 9.87. The summed E-state index contributed by atoms with van der Waals surface area (Å²) in [7, 11) is 0. The van der Waals surface area contributed by atoms with Crippen LogP contribution in [-0.4, -0.2) is 0 Å². The minimum Gasteiger partial charge on any atom is -0.0651 e. The van der Waals surface area contributed by atoms with Gasteiger partial charge in [0.1, 0.15) is 0 Å². The minimum atomic E-state index is 0.637. The van der Waals surface area contributed by atoms with Gasteiger partial charge in [0, 0.05) is 0 Å². The molecule has 0 heteroatoms. The predicted octanol–water partition coefficient (Wildman–Crippen LogP) is 8.87. The van der Waals surface area contributed by atoms with E-state index in [1.807, 2.05) is 0 Å². The van der Waals surface area contributed by atoms with E-state index >= 15 is 0 Å². The summed E-state index contributed by atoms with van der Waals surface area (Å²) in [5.74, 6) is 0.637. The molecule has 0 fully saturated rings. The third-order valence-electron chi connectivity index (χ3n) is 6.12. The third kappa shape index (κ3) is 6.31. The van der Waals surface area contributed by atoms with Crippen LogP contribution in [0.25, 0.3) is 17.2 Å². The van der Waals surface area contributed by atoms with Gasteiger partial charge in [-0.1, -0.05) is 125 Å². The van der Waals surface area contributed by atoms with Crippen molar-refractivity contribution in [3.63, 3.8) is 0 Å². The van der Waals surface area contributed by atoms with Crippen LogP contribution in [0.15, 0.2) is 84.9 Å². The second kappa shape index (κ2) is 11.5. The van der Waals surface area contributed by atoms with Crippen LogP contribution in [-0.2, 0) is 12.8 Å². The molecular formula is C31H36. The van der Waals surface area contributed by atoms with E-state index in [-0.39, 0.29) is 0 Å². The third-order valence-corrected chi connectivity index (χ3v) is 6.12. The zero-order chi connectivity index (χ0) is 22.1. The quantitative estimate of drug-likeness (QED) is 0.245. The molecule has 1 atom stereocenters. The van der Waals surface area contributed by atoms with Gasteiger partial charge in [-0.05, 0) is 64.1 Å². The van der Waals surface area contributed by atoms with E-state index in [1.54, 1.807) is 0 Å². The maximum atomic E-state index is 2.35. The van der Waals surface area contributed by atoms with Gasteiger partial charge in [-0.25, -0.2) is 0 Å². The summed E-state index contributed by atoms with van der Waals surface area (Å²) in [5, 5.41) is 0. The fraction of sp³-hybridized carbons (Fsp3) is 0.290. The first-order chi connectivity index (χ1) is 15.1.